The molecule has 2 aromatic rings. The van der Waals surface area contributed by atoms with Gasteiger partial charge >= 0.3 is 5.97 Å². The summed E-state index contributed by atoms with van der Waals surface area (Å²) in [6.45, 7) is 1.34. The van der Waals surface area contributed by atoms with E-state index in [4.69, 9.17) is 16.3 Å². The van der Waals surface area contributed by atoms with Gasteiger partial charge in [0, 0.05) is 11.9 Å². The van der Waals surface area contributed by atoms with Crippen LogP contribution in [0.25, 0.3) is 11.6 Å². The van der Waals surface area contributed by atoms with Crippen LogP contribution in [-0.2, 0) is 4.79 Å². The number of nitrogens with zero attached hydrogens (tertiary/aromatic N) is 1. The second-order valence-corrected chi connectivity index (χ2v) is 4.78. The van der Waals surface area contributed by atoms with E-state index in [1.807, 2.05) is 6.07 Å². The summed E-state index contributed by atoms with van der Waals surface area (Å²) in [5.74, 6) is 0.0685. The molecule has 4 heteroatoms. The Balaban J connectivity index is 2.34. The quantitative estimate of drug-likeness (QED) is 0.367. The lowest BCUT2D eigenvalue weighted by Crippen LogP contribution is -2.01. The molecule has 21 heavy (non-hydrogen) atoms. The molecule has 0 N–H and O–H groups in total. The van der Waals surface area contributed by atoms with Crippen LogP contribution in [0.15, 0.2) is 48.5 Å². The van der Waals surface area contributed by atoms with E-state index in [9.17, 15) is 10.1 Å². The third-order valence-corrected chi connectivity index (χ3v) is 2.96. The molecular weight excluding hydrogens is 286 g/mol. The minimum absolute atomic E-state index is 0.380. The van der Waals surface area contributed by atoms with Gasteiger partial charge in [-0.3, -0.25) is 4.79 Å². The van der Waals surface area contributed by atoms with Gasteiger partial charge in [0.15, 0.2) is 0 Å². The number of carbonyl (C=O) groups is 1. The van der Waals surface area contributed by atoms with E-state index in [1.54, 1.807) is 48.5 Å². The average Bonchev–Trinajstić information content (AvgIpc) is 2.45. The fourth-order valence-electron chi connectivity index (χ4n) is 1.81. The first-order chi connectivity index (χ1) is 10.1. The van der Waals surface area contributed by atoms with E-state index in [1.165, 1.54) is 6.92 Å². The zero-order valence-electron chi connectivity index (χ0n) is 11.3. The second kappa shape index (κ2) is 6.74. The van der Waals surface area contributed by atoms with E-state index < -0.39 is 0 Å². The van der Waals surface area contributed by atoms with Crippen LogP contribution in [0.2, 0.25) is 5.02 Å². The fourth-order valence-corrected chi connectivity index (χ4v) is 1.94. The highest BCUT2D eigenvalue weighted by molar-refractivity contribution is 6.30. The smallest absolute Gasteiger partial charge is 0.308 e. The van der Waals surface area contributed by atoms with E-state index in [0.29, 0.717) is 16.3 Å². The second-order valence-electron chi connectivity index (χ2n) is 4.34. The fraction of sp³-hybridized carbons (Fsp3) is 0.0588. The Kier molecular flexibility index (Phi) is 4.76. The first kappa shape index (κ1) is 14.8. The molecule has 0 aliphatic heterocycles. The lowest BCUT2D eigenvalue weighted by atomic mass is 10.0. The molecule has 0 saturated heterocycles. The number of halogens is 1. The van der Waals surface area contributed by atoms with Crippen molar-refractivity contribution >= 4 is 29.2 Å². The van der Waals surface area contributed by atoms with Crippen LogP contribution in [0, 0.1) is 11.3 Å². The standard InChI is InChI=1S/C17H12ClNO2/c1-12(20)21-17-4-2-3-13(10-17)9-15(11-19)14-5-7-16(18)8-6-14/h2-10H,1H3/b15-9-. The van der Waals surface area contributed by atoms with Gasteiger partial charge in [-0.1, -0.05) is 35.9 Å². The molecule has 0 saturated carbocycles. The average molecular weight is 298 g/mol. The minimum Gasteiger partial charge on any atom is -0.427 e. The Bertz CT molecular complexity index is 727. The van der Waals surface area contributed by atoms with Gasteiger partial charge in [-0.2, -0.15) is 5.26 Å². The molecule has 0 fully saturated rings. The molecule has 3 nitrogen and oxygen atoms in total. The highest BCUT2D eigenvalue weighted by Gasteiger charge is 2.03. The maximum absolute atomic E-state index is 11.0. The molecule has 0 unspecified atom stereocenters. The summed E-state index contributed by atoms with van der Waals surface area (Å²) in [6, 6.07) is 16.2. The van der Waals surface area contributed by atoms with Crippen molar-refractivity contribution in [2.45, 2.75) is 6.92 Å². The monoisotopic (exact) mass is 297 g/mol. The van der Waals surface area contributed by atoms with Crippen molar-refractivity contribution in [3.05, 3.63) is 64.7 Å². The largest absolute Gasteiger partial charge is 0.427 e. The van der Waals surface area contributed by atoms with Crippen LogP contribution < -0.4 is 4.74 Å². The van der Waals surface area contributed by atoms with Crippen LogP contribution in [0.4, 0.5) is 0 Å². The summed E-state index contributed by atoms with van der Waals surface area (Å²) in [5.41, 5.74) is 2.06. The first-order valence-corrected chi connectivity index (χ1v) is 6.62. The van der Waals surface area contributed by atoms with Gasteiger partial charge in [-0.05, 0) is 41.5 Å². The molecule has 2 rings (SSSR count). The Morgan fingerprint density at radius 2 is 1.95 bits per heavy atom. The third kappa shape index (κ3) is 4.20. The SMILES string of the molecule is CC(=O)Oc1cccc(/C=C(/C#N)c2ccc(Cl)cc2)c1. The van der Waals surface area contributed by atoms with Crippen molar-refractivity contribution < 1.29 is 9.53 Å². The molecule has 0 atom stereocenters. The third-order valence-electron chi connectivity index (χ3n) is 2.71. The van der Waals surface area contributed by atoms with Crippen molar-refractivity contribution in [2.75, 3.05) is 0 Å². The van der Waals surface area contributed by atoms with Gasteiger partial charge < -0.3 is 4.74 Å². The summed E-state index contributed by atoms with van der Waals surface area (Å²) < 4.78 is 5.02. The number of rotatable bonds is 3. The van der Waals surface area contributed by atoms with Gasteiger partial charge in [0.1, 0.15) is 5.75 Å². The zero-order valence-corrected chi connectivity index (χ0v) is 12.1. The van der Waals surface area contributed by atoms with Crippen LogP contribution >= 0.6 is 11.6 Å². The van der Waals surface area contributed by atoms with E-state index in [-0.39, 0.29) is 5.97 Å². The number of hydrogen-bond donors (Lipinski definition) is 0. The van der Waals surface area contributed by atoms with Crippen molar-refractivity contribution in [1.29, 1.82) is 5.26 Å². The molecule has 0 amide bonds. The molecule has 0 aliphatic rings. The molecule has 0 aromatic heterocycles. The molecule has 104 valence electrons. The Morgan fingerprint density at radius 3 is 2.57 bits per heavy atom. The summed E-state index contributed by atoms with van der Waals surface area (Å²) in [6.07, 6.45) is 1.73. The zero-order chi connectivity index (χ0) is 15.2. The number of hydrogen-bond acceptors (Lipinski definition) is 3. The molecule has 2 aromatic carbocycles. The Morgan fingerprint density at radius 1 is 1.24 bits per heavy atom. The maximum atomic E-state index is 11.0. The lowest BCUT2D eigenvalue weighted by molar-refractivity contribution is -0.131. The van der Waals surface area contributed by atoms with Gasteiger partial charge in [0.2, 0.25) is 0 Å². The highest BCUT2D eigenvalue weighted by atomic mass is 35.5. The van der Waals surface area contributed by atoms with E-state index in [0.717, 1.165) is 11.1 Å². The molecular formula is C17H12ClNO2. The predicted molar refractivity (Wildman–Crippen MR) is 82.7 cm³/mol. The number of carbonyl (C=O) groups excluding carboxylic acids is 1. The Labute approximate surface area is 128 Å². The van der Waals surface area contributed by atoms with Crippen LogP contribution in [0.5, 0.6) is 5.75 Å². The van der Waals surface area contributed by atoms with Crippen LogP contribution in [-0.4, -0.2) is 5.97 Å². The number of esters is 1. The topological polar surface area (TPSA) is 50.1 Å². The van der Waals surface area contributed by atoms with E-state index in [2.05, 4.69) is 6.07 Å². The maximum Gasteiger partial charge on any atom is 0.308 e. The van der Waals surface area contributed by atoms with Gasteiger partial charge in [0.25, 0.3) is 0 Å². The predicted octanol–water partition coefficient (Wildman–Crippen LogP) is 4.33. The molecule has 0 heterocycles. The molecule has 0 aliphatic carbocycles. The number of benzene rings is 2. The van der Waals surface area contributed by atoms with Gasteiger partial charge in [-0.15, -0.1) is 0 Å². The Hall–Kier alpha value is -2.57. The van der Waals surface area contributed by atoms with Crippen LogP contribution in [0.1, 0.15) is 18.1 Å². The molecule has 0 bridgehead atoms. The van der Waals surface area contributed by atoms with Crippen molar-refractivity contribution in [3.63, 3.8) is 0 Å². The number of nitriles is 1. The van der Waals surface area contributed by atoms with E-state index >= 15 is 0 Å². The molecule has 0 spiro atoms. The van der Waals surface area contributed by atoms with Gasteiger partial charge in [-0.25, -0.2) is 0 Å². The normalized spacial score (nSPS) is 10.8. The summed E-state index contributed by atoms with van der Waals surface area (Å²) in [5, 5.41) is 9.91. The summed E-state index contributed by atoms with van der Waals surface area (Å²) in [7, 11) is 0. The minimum atomic E-state index is -0.380. The molecule has 0 radical (unpaired) electrons. The van der Waals surface area contributed by atoms with Crippen molar-refractivity contribution in [3.8, 4) is 11.8 Å². The van der Waals surface area contributed by atoms with Crippen molar-refractivity contribution in [1.82, 2.24) is 0 Å². The first-order valence-electron chi connectivity index (χ1n) is 6.25. The number of ether oxygens (including phenoxy) is 1. The summed E-state index contributed by atoms with van der Waals surface area (Å²) in [4.78, 5) is 11.0. The van der Waals surface area contributed by atoms with Crippen molar-refractivity contribution in [2.24, 2.45) is 0 Å². The number of allylic oxidation sites excluding steroid dienone is 1. The van der Waals surface area contributed by atoms with Gasteiger partial charge in [0.05, 0.1) is 11.6 Å². The highest BCUT2D eigenvalue weighted by Crippen LogP contribution is 2.22. The lowest BCUT2D eigenvalue weighted by Gasteiger charge is -2.03. The van der Waals surface area contributed by atoms with Crippen LogP contribution in [0.3, 0.4) is 0 Å². The summed E-state index contributed by atoms with van der Waals surface area (Å²) >= 11 is 5.84.